The quantitative estimate of drug-likeness (QED) is 0.384. The van der Waals surface area contributed by atoms with Crippen LogP contribution in [0, 0.1) is 5.92 Å². The van der Waals surface area contributed by atoms with Crippen LogP contribution in [0.2, 0.25) is 0 Å². The van der Waals surface area contributed by atoms with Gasteiger partial charge in [0.05, 0.1) is 34.0 Å². The van der Waals surface area contributed by atoms with Crippen LogP contribution in [0.3, 0.4) is 0 Å². The average Bonchev–Trinajstić information content (AvgIpc) is 2.92. The highest BCUT2D eigenvalue weighted by molar-refractivity contribution is 5.93. The molecule has 2 heterocycles. The summed E-state index contributed by atoms with van der Waals surface area (Å²) in [6, 6.07) is 16.8. The molecule has 1 amide bonds. The van der Waals surface area contributed by atoms with E-state index in [0.29, 0.717) is 42.6 Å². The zero-order valence-corrected chi connectivity index (χ0v) is 21.0. The van der Waals surface area contributed by atoms with Gasteiger partial charge in [-0.3, -0.25) is 9.78 Å². The van der Waals surface area contributed by atoms with Crippen LogP contribution in [-0.2, 0) is 6.61 Å². The predicted molar refractivity (Wildman–Crippen MR) is 136 cm³/mol. The number of nitrogens with zero attached hydrogens (tertiary/aromatic N) is 2. The first-order valence-electron chi connectivity index (χ1n) is 12.1. The number of aliphatic hydroxyl groups is 2. The van der Waals surface area contributed by atoms with Crippen molar-refractivity contribution in [3.05, 3.63) is 77.6 Å². The summed E-state index contributed by atoms with van der Waals surface area (Å²) >= 11 is 0. The molecular weight excluding hydrogens is 476 g/mol. The number of aromatic nitrogens is 1. The van der Waals surface area contributed by atoms with Crippen LogP contribution in [0.25, 0.3) is 0 Å². The predicted octanol–water partition coefficient (Wildman–Crippen LogP) is 2.90. The Morgan fingerprint density at radius 2 is 1.70 bits per heavy atom. The van der Waals surface area contributed by atoms with Gasteiger partial charge < -0.3 is 34.1 Å². The molecule has 1 aromatic heterocycles. The lowest BCUT2D eigenvalue weighted by Gasteiger charge is -2.39. The van der Waals surface area contributed by atoms with Gasteiger partial charge in [-0.1, -0.05) is 18.2 Å². The first-order chi connectivity index (χ1) is 18.0. The molecule has 196 valence electrons. The minimum atomic E-state index is -0.375. The van der Waals surface area contributed by atoms with E-state index in [1.807, 2.05) is 42.5 Å². The molecule has 9 heteroatoms. The molecular formula is C28H32N2O7. The number of pyridine rings is 1. The van der Waals surface area contributed by atoms with E-state index in [2.05, 4.69) is 4.98 Å². The van der Waals surface area contributed by atoms with Crippen molar-refractivity contribution in [2.24, 2.45) is 5.92 Å². The van der Waals surface area contributed by atoms with Gasteiger partial charge in [0.2, 0.25) is 0 Å². The number of benzene rings is 2. The molecule has 0 saturated carbocycles. The Morgan fingerprint density at radius 1 is 0.946 bits per heavy atom. The maximum atomic E-state index is 12.9. The second-order valence-corrected chi connectivity index (χ2v) is 8.87. The minimum absolute atomic E-state index is 0.151. The fourth-order valence-corrected chi connectivity index (χ4v) is 3.95. The highest BCUT2D eigenvalue weighted by Crippen LogP contribution is 2.35. The van der Waals surface area contributed by atoms with Crippen LogP contribution in [0.15, 0.2) is 60.8 Å². The molecule has 1 aliphatic heterocycles. The first kappa shape index (κ1) is 26.2. The Labute approximate surface area is 216 Å². The van der Waals surface area contributed by atoms with Crippen molar-refractivity contribution in [1.29, 1.82) is 0 Å². The lowest BCUT2D eigenvalue weighted by atomic mass is 9.91. The topological polar surface area (TPSA) is 111 Å². The molecule has 0 radical (unpaired) electrons. The molecule has 2 N–H and O–H groups in total. The van der Waals surface area contributed by atoms with E-state index in [4.69, 9.17) is 18.9 Å². The maximum Gasteiger partial charge on any atom is 0.272 e. The van der Waals surface area contributed by atoms with Crippen LogP contribution in [0.4, 0.5) is 0 Å². The number of ether oxygens (including phenoxy) is 4. The standard InChI is InChI=1S/C28H32N2O7/c1-34-23-6-3-19(4-7-23)17-37-26-8-5-21(11-27(26)35-2)22-13-30(14-22)28(33)25-12-24(9-10-29-25)36-18-20(15-31)16-32/h3-12,20,22,31-32H,13-18H2,1-2H3. The third kappa shape index (κ3) is 6.49. The van der Waals surface area contributed by atoms with Crippen LogP contribution in [0.1, 0.15) is 27.5 Å². The molecule has 9 nitrogen and oxygen atoms in total. The number of methoxy groups -OCH3 is 2. The fourth-order valence-electron chi connectivity index (χ4n) is 3.95. The highest BCUT2D eigenvalue weighted by atomic mass is 16.5. The van der Waals surface area contributed by atoms with Gasteiger partial charge in [-0.05, 0) is 41.5 Å². The summed E-state index contributed by atoms with van der Waals surface area (Å²) in [6.45, 7) is 1.34. The van der Waals surface area contributed by atoms with E-state index >= 15 is 0 Å². The van der Waals surface area contributed by atoms with Crippen molar-refractivity contribution < 1.29 is 34.0 Å². The summed E-state index contributed by atoms with van der Waals surface area (Å²) in [6.07, 6.45) is 1.52. The lowest BCUT2D eigenvalue weighted by molar-refractivity contribution is 0.0594. The molecule has 0 spiro atoms. The van der Waals surface area contributed by atoms with Gasteiger partial charge in [0.1, 0.15) is 23.8 Å². The third-order valence-electron chi connectivity index (χ3n) is 6.33. The number of amides is 1. The molecule has 0 aliphatic carbocycles. The molecule has 0 unspecified atom stereocenters. The Hall–Kier alpha value is -3.82. The van der Waals surface area contributed by atoms with Gasteiger partial charge in [0.25, 0.3) is 5.91 Å². The largest absolute Gasteiger partial charge is 0.497 e. The van der Waals surface area contributed by atoms with Gasteiger partial charge >= 0.3 is 0 Å². The molecule has 1 aliphatic rings. The van der Waals surface area contributed by atoms with Crippen molar-refractivity contribution in [1.82, 2.24) is 9.88 Å². The number of carbonyl (C=O) groups excluding carboxylic acids is 1. The van der Waals surface area contributed by atoms with E-state index in [1.54, 1.807) is 31.3 Å². The maximum absolute atomic E-state index is 12.9. The zero-order valence-electron chi connectivity index (χ0n) is 21.0. The monoisotopic (exact) mass is 508 g/mol. The fraction of sp³-hybridized carbons (Fsp3) is 0.357. The molecule has 2 aromatic carbocycles. The molecule has 0 atom stereocenters. The summed E-state index contributed by atoms with van der Waals surface area (Å²) in [4.78, 5) is 18.8. The molecule has 0 bridgehead atoms. The Balaban J connectivity index is 1.32. The zero-order chi connectivity index (χ0) is 26.2. The summed E-state index contributed by atoms with van der Waals surface area (Å²) in [5, 5.41) is 18.4. The molecule has 37 heavy (non-hydrogen) atoms. The summed E-state index contributed by atoms with van der Waals surface area (Å²) in [5.41, 5.74) is 2.38. The van der Waals surface area contributed by atoms with Crippen molar-refractivity contribution in [2.45, 2.75) is 12.5 Å². The summed E-state index contributed by atoms with van der Waals surface area (Å²) in [7, 11) is 3.25. The Bertz CT molecular complexity index is 1180. The van der Waals surface area contributed by atoms with Gasteiger partial charge in [-0.25, -0.2) is 0 Å². The second-order valence-electron chi connectivity index (χ2n) is 8.87. The van der Waals surface area contributed by atoms with Crippen LogP contribution < -0.4 is 18.9 Å². The van der Waals surface area contributed by atoms with Gasteiger partial charge in [-0.2, -0.15) is 0 Å². The minimum Gasteiger partial charge on any atom is -0.497 e. The van der Waals surface area contributed by atoms with E-state index in [1.165, 1.54) is 6.20 Å². The Morgan fingerprint density at radius 3 is 2.38 bits per heavy atom. The summed E-state index contributed by atoms with van der Waals surface area (Å²) in [5.74, 6) is 2.20. The molecule has 1 saturated heterocycles. The summed E-state index contributed by atoms with van der Waals surface area (Å²) < 4.78 is 22.3. The van der Waals surface area contributed by atoms with Crippen molar-refractivity contribution in [2.75, 3.05) is 47.1 Å². The van der Waals surface area contributed by atoms with Gasteiger partial charge in [-0.15, -0.1) is 0 Å². The van der Waals surface area contributed by atoms with E-state index < -0.39 is 0 Å². The second kappa shape index (κ2) is 12.4. The lowest BCUT2D eigenvalue weighted by Crippen LogP contribution is -2.48. The van der Waals surface area contributed by atoms with Gasteiger partial charge in [0, 0.05) is 37.2 Å². The van der Waals surface area contributed by atoms with Crippen LogP contribution >= 0.6 is 0 Å². The molecule has 1 fully saturated rings. The van der Waals surface area contributed by atoms with Crippen molar-refractivity contribution in [3.8, 4) is 23.0 Å². The van der Waals surface area contributed by atoms with E-state index in [-0.39, 0.29) is 37.6 Å². The number of likely N-dealkylation sites (tertiary alicyclic amines) is 1. The SMILES string of the molecule is COc1ccc(COc2ccc(C3CN(C(=O)c4cc(OCC(CO)CO)ccn4)C3)cc2OC)cc1. The molecule has 4 rings (SSSR count). The number of carbonyl (C=O) groups is 1. The normalized spacial score (nSPS) is 13.3. The highest BCUT2D eigenvalue weighted by Gasteiger charge is 2.33. The smallest absolute Gasteiger partial charge is 0.272 e. The van der Waals surface area contributed by atoms with E-state index in [0.717, 1.165) is 16.9 Å². The van der Waals surface area contributed by atoms with Crippen molar-refractivity contribution >= 4 is 5.91 Å². The number of hydrogen-bond donors (Lipinski definition) is 2. The van der Waals surface area contributed by atoms with Crippen LogP contribution in [-0.4, -0.2) is 73.1 Å². The Kier molecular flexibility index (Phi) is 8.81. The average molecular weight is 509 g/mol. The number of rotatable bonds is 12. The number of aliphatic hydroxyl groups excluding tert-OH is 2. The van der Waals surface area contributed by atoms with Crippen molar-refractivity contribution in [3.63, 3.8) is 0 Å². The third-order valence-corrected chi connectivity index (χ3v) is 6.33. The van der Waals surface area contributed by atoms with E-state index in [9.17, 15) is 15.0 Å². The van der Waals surface area contributed by atoms with Gasteiger partial charge in [0.15, 0.2) is 11.5 Å². The first-order valence-corrected chi connectivity index (χ1v) is 12.1. The number of hydrogen-bond acceptors (Lipinski definition) is 8. The van der Waals surface area contributed by atoms with Crippen LogP contribution in [0.5, 0.6) is 23.0 Å². The molecule has 3 aromatic rings.